The molecule has 1 amide bonds. The summed E-state index contributed by atoms with van der Waals surface area (Å²) < 4.78 is 23.7. The lowest BCUT2D eigenvalue weighted by molar-refractivity contribution is -0.228. The molecule has 320 valence electrons. The van der Waals surface area contributed by atoms with Crippen LogP contribution in [0.3, 0.4) is 0 Å². The maximum atomic E-state index is 15.3. The van der Waals surface area contributed by atoms with Crippen molar-refractivity contribution in [1.82, 2.24) is 14.8 Å². The molecule has 2 bridgehead atoms. The number of rotatable bonds is 8. The van der Waals surface area contributed by atoms with E-state index >= 15 is 4.79 Å². The Kier molecular flexibility index (Phi) is 9.58. The third-order valence-electron chi connectivity index (χ3n) is 15.5. The van der Waals surface area contributed by atoms with Gasteiger partial charge in [0.1, 0.15) is 11.2 Å². The first-order valence-electron chi connectivity index (χ1n) is 21.3. The van der Waals surface area contributed by atoms with Crippen molar-refractivity contribution in [2.45, 2.75) is 99.5 Å². The minimum absolute atomic E-state index is 0.155. The van der Waals surface area contributed by atoms with Crippen molar-refractivity contribution in [2.75, 3.05) is 59.0 Å². The van der Waals surface area contributed by atoms with Gasteiger partial charge in [0.05, 0.1) is 38.7 Å². The molecule has 10 atom stereocenters. The normalized spacial score (nSPS) is 36.5. The van der Waals surface area contributed by atoms with Gasteiger partial charge in [0.15, 0.2) is 6.10 Å². The van der Waals surface area contributed by atoms with Gasteiger partial charge in [-0.3, -0.25) is 24.2 Å². The fourth-order valence-electron chi connectivity index (χ4n) is 13.4. The Balaban J connectivity index is 1.38. The lowest BCUT2D eigenvalue weighted by Gasteiger charge is -2.63. The van der Waals surface area contributed by atoms with Crippen LogP contribution >= 0.6 is 0 Å². The van der Waals surface area contributed by atoms with Crippen molar-refractivity contribution in [3.05, 3.63) is 70.9 Å². The van der Waals surface area contributed by atoms with Crippen molar-refractivity contribution in [1.29, 1.82) is 0 Å². The highest BCUT2D eigenvalue weighted by Gasteiger charge is 2.81. The van der Waals surface area contributed by atoms with E-state index in [1.807, 2.05) is 50.3 Å². The number of carbonyl (C=O) groups is 4. The number of anilines is 1. The highest BCUT2D eigenvalue weighted by molar-refractivity contribution is 5.96. The van der Waals surface area contributed by atoms with E-state index in [2.05, 4.69) is 20.9 Å². The van der Waals surface area contributed by atoms with E-state index < -0.39 is 63.5 Å². The summed E-state index contributed by atoms with van der Waals surface area (Å²) in [5, 5.41) is 26.3. The van der Waals surface area contributed by atoms with Crippen LogP contribution in [0.2, 0.25) is 0 Å². The van der Waals surface area contributed by atoms with Crippen LogP contribution in [0.15, 0.2) is 48.6 Å². The molecule has 6 heterocycles. The molecule has 1 saturated carbocycles. The molecule has 0 radical (unpaired) electrons. The number of nitrogens with one attached hydrogen (secondary N) is 1. The van der Waals surface area contributed by atoms with Crippen molar-refractivity contribution in [3.8, 4) is 5.75 Å². The summed E-state index contributed by atoms with van der Waals surface area (Å²) in [5.74, 6) is -2.06. The van der Waals surface area contributed by atoms with Gasteiger partial charge in [0.2, 0.25) is 12.0 Å². The number of hydrogen-bond acceptors (Lipinski definition) is 12. The first-order valence-corrected chi connectivity index (χ1v) is 21.3. The lowest BCUT2D eigenvalue weighted by Crippen LogP contribution is -2.81. The molecular formula is C46H56N4O10. The first-order chi connectivity index (χ1) is 28.8. The Hall–Kier alpha value is -4.76. The number of aromatic amines is 1. The Morgan fingerprint density at radius 1 is 0.967 bits per heavy atom. The van der Waals surface area contributed by atoms with Gasteiger partial charge < -0.3 is 39.0 Å². The zero-order valence-electron chi connectivity index (χ0n) is 35.3. The summed E-state index contributed by atoms with van der Waals surface area (Å²) in [6.45, 7) is 8.16. The zero-order chi connectivity index (χ0) is 42.6. The minimum Gasteiger partial charge on any atom is -0.496 e. The van der Waals surface area contributed by atoms with Crippen LogP contribution in [0, 0.1) is 11.3 Å². The van der Waals surface area contributed by atoms with Gasteiger partial charge in [-0.15, -0.1) is 0 Å². The van der Waals surface area contributed by atoms with E-state index in [-0.39, 0.29) is 12.3 Å². The van der Waals surface area contributed by atoms with Gasteiger partial charge in [-0.05, 0) is 74.2 Å². The van der Waals surface area contributed by atoms with E-state index in [0.29, 0.717) is 99.5 Å². The molecule has 14 nitrogen and oxygen atoms in total. The summed E-state index contributed by atoms with van der Waals surface area (Å²) in [6, 6.07) is 9.97. The van der Waals surface area contributed by atoms with Crippen LogP contribution in [-0.2, 0) is 50.6 Å². The van der Waals surface area contributed by atoms with Gasteiger partial charge in [0.25, 0.3) is 0 Å². The molecule has 3 fully saturated rings. The molecule has 14 heteroatoms. The second-order valence-electron chi connectivity index (χ2n) is 18.1. The third kappa shape index (κ3) is 5.19. The molecule has 1 aliphatic carbocycles. The van der Waals surface area contributed by atoms with Crippen molar-refractivity contribution in [3.63, 3.8) is 0 Å². The number of fused-ring (bicyclic) bond motifs is 6. The quantitative estimate of drug-likeness (QED) is 0.131. The van der Waals surface area contributed by atoms with Crippen LogP contribution in [-0.4, -0.2) is 133 Å². The molecule has 6 aliphatic rings. The van der Waals surface area contributed by atoms with E-state index in [1.165, 1.54) is 33.2 Å². The number of hydrogen-bond donors (Lipinski definition) is 3. The average Bonchev–Trinajstić information content (AvgIpc) is 3.92. The smallest absolute Gasteiger partial charge is 0.344 e. The number of carbonyl (C=O) groups excluding carboxylic acids is 4. The SMILES string of the molecule is CC[C@]1(O)C[C@@H]2CN(CCc3c([nH]c4ccccc34)[C@@](C(=O)OC)(c3cc4c(cc3OC)N(C=O)C3[C@]45CCN4CC=C[C@@](CC)([C@@H](OC(C)=O)[C@]3(O)C(=O)OC)[C@H]45)C2)C1. The number of H-pyrrole nitrogens is 1. The summed E-state index contributed by atoms with van der Waals surface area (Å²) in [5.41, 5.74) is -3.15. The molecule has 1 spiro atoms. The van der Waals surface area contributed by atoms with Crippen LogP contribution in [0.25, 0.3) is 10.9 Å². The number of aliphatic hydroxyl groups is 2. The number of esters is 3. The molecule has 1 aromatic heterocycles. The second kappa shape index (κ2) is 14.1. The molecule has 2 saturated heterocycles. The zero-order valence-corrected chi connectivity index (χ0v) is 35.3. The van der Waals surface area contributed by atoms with Gasteiger partial charge in [-0.2, -0.15) is 0 Å². The number of piperidine rings is 1. The molecule has 3 aromatic rings. The fourth-order valence-corrected chi connectivity index (χ4v) is 13.4. The van der Waals surface area contributed by atoms with E-state index in [9.17, 15) is 24.6 Å². The third-order valence-corrected chi connectivity index (χ3v) is 15.5. The number of nitrogens with zero attached hydrogens (tertiary/aromatic N) is 3. The average molecular weight is 825 g/mol. The topological polar surface area (TPSA) is 171 Å². The molecule has 5 aliphatic heterocycles. The molecule has 3 N–H and O–H groups in total. The Labute approximate surface area is 349 Å². The standard InChI is InChI=1S/C46H56N4O10/c1-7-42(55)22-28-23-45(40(53)58-5,36-30(14-18-48(24-28)25-42)29-12-9-10-13-33(29)47-36)32-20-31-34(21-35(32)57-4)50(26-51)38-44(31)16-19-49-17-11-15-43(8-2,37(44)49)39(60-27(3)52)46(38,56)41(54)59-6/h9-13,15,20-21,26,28,37-39,47,55-56H,7-8,14,16-19,22-25H2,1-6H3/t28-,37-,38?,39+,42-,43+,44+,45-,46-/m0/s1. The number of ether oxygens (including phenoxy) is 4. The van der Waals surface area contributed by atoms with Crippen molar-refractivity contribution in [2.24, 2.45) is 11.3 Å². The largest absolute Gasteiger partial charge is 0.496 e. The molecular weight excluding hydrogens is 769 g/mol. The summed E-state index contributed by atoms with van der Waals surface area (Å²) >= 11 is 0. The summed E-state index contributed by atoms with van der Waals surface area (Å²) in [6.07, 6.45) is 5.83. The molecule has 2 aromatic carbocycles. The van der Waals surface area contributed by atoms with Crippen molar-refractivity contribution < 1.29 is 48.3 Å². The Bertz CT molecular complexity index is 2310. The summed E-state index contributed by atoms with van der Waals surface area (Å²) in [7, 11) is 4.09. The molecule has 60 heavy (non-hydrogen) atoms. The van der Waals surface area contributed by atoms with Crippen LogP contribution < -0.4 is 9.64 Å². The van der Waals surface area contributed by atoms with Crippen LogP contribution in [0.1, 0.15) is 75.3 Å². The predicted octanol–water partition coefficient (Wildman–Crippen LogP) is 3.52. The number of para-hydroxylation sites is 1. The van der Waals surface area contributed by atoms with Crippen molar-refractivity contribution >= 4 is 40.9 Å². The van der Waals surface area contributed by atoms with E-state index in [1.54, 1.807) is 6.07 Å². The summed E-state index contributed by atoms with van der Waals surface area (Å²) in [4.78, 5) is 66.1. The highest BCUT2D eigenvalue weighted by Crippen LogP contribution is 2.68. The molecule has 2 unspecified atom stereocenters. The Morgan fingerprint density at radius 2 is 1.73 bits per heavy atom. The number of methoxy groups -OCH3 is 3. The monoisotopic (exact) mass is 824 g/mol. The lowest BCUT2D eigenvalue weighted by atomic mass is 9.47. The number of aromatic nitrogens is 1. The van der Waals surface area contributed by atoms with Gasteiger partial charge in [-0.25, -0.2) is 4.79 Å². The van der Waals surface area contributed by atoms with Crippen LogP contribution in [0.4, 0.5) is 5.69 Å². The predicted molar refractivity (Wildman–Crippen MR) is 221 cm³/mol. The van der Waals surface area contributed by atoms with Gasteiger partial charge in [-0.1, -0.05) is 44.2 Å². The second-order valence-corrected chi connectivity index (χ2v) is 18.1. The molecule has 9 rings (SSSR count). The highest BCUT2D eigenvalue weighted by atomic mass is 16.6. The van der Waals surface area contributed by atoms with Gasteiger partial charge in [0, 0.05) is 78.2 Å². The minimum atomic E-state index is -2.53. The maximum Gasteiger partial charge on any atom is 0.344 e. The maximum absolute atomic E-state index is 15.3. The fraction of sp³-hybridized carbons (Fsp3) is 0.565. The van der Waals surface area contributed by atoms with E-state index in [4.69, 9.17) is 18.9 Å². The van der Waals surface area contributed by atoms with Gasteiger partial charge >= 0.3 is 17.9 Å². The Morgan fingerprint density at radius 3 is 2.42 bits per heavy atom. The first kappa shape index (κ1) is 40.6. The number of benzene rings is 2. The number of amides is 1. The van der Waals surface area contributed by atoms with E-state index in [0.717, 1.165) is 16.5 Å². The van der Waals surface area contributed by atoms with Crippen LogP contribution in [0.5, 0.6) is 5.75 Å².